The minimum atomic E-state index is -0.275. The Hall–Kier alpha value is -1.02. The van der Waals surface area contributed by atoms with Crippen molar-refractivity contribution in [3.8, 4) is 5.75 Å². The molecule has 2 aliphatic rings. The van der Waals surface area contributed by atoms with E-state index in [0.717, 1.165) is 42.4 Å². The fourth-order valence-corrected chi connectivity index (χ4v) is 4.00. The second-order valence-electron chi connectivity index (χ2n) is 6.93. The first kappa shape index (κ1) is 13.9. The highest BCUT2D eigenvalue weighted by atomic mass is 16.5. The molecule has 0 aliphatic heterocycles. The Labute approximate surface area is 122 Å². The average Bonchev–Trinajstić information content (AvgIpc) is 2.37. The van der Waals surface area contributed by atoms with Crippen molar-refractivity contribution in [3.05, 3.63) is 29.3 Å². The lowest BCUT2D eigenvalue weighted by molar-refractivity contribution is 0.101. The van der Waals surface area contributed by atoms with Gasteiger partial charge in [0.1, 0.15) is 5.75 Å². The molecule has 2 heteroatoms. The molecule has 0 bridgehead atoms. The molecule has 1 fully saturated rings. The summed E-state index contributed by atoms with van der Waals surface area (Å²) in [5.41, 5.74) is 2.38. The summed E-state index contributed by atoms with van der Waals surface area (Å²) in [7, 11) is 0. The molecule has 3 rings (SSSR count). The minimum Gasteiger partial charge on any atom is -0.490 e. The highest BCUT2D eigenvalue weighted by Gasteiger charge is 2.26. The van der Waals surface area contributed by atoms with Gasteiger partial charge in [0.05, 0.1) is 12.2 Å². The molecule has 3 atom stereocenters. The summed E-state index contributed by atoms with van der Waals surface area (Å²) < 4.78 is 6.22. The summed E-state index contributed by atoms with van der Waals surface area (Å²) in [5.74, 6) is 2.52. The van der Waals surface area contributed by atoms with Crippen LogP contribution in [0.4, 0.5) is 0 Å². The number of benzene rings is 1. The van der Waals surface area contributed by atoms with Gasteiger partial charge in [0.2, 0.25) is 0 Å². The summed E-state index contributed by atoms with van der Waals surface area (Å²) in [6.07, 6.45) is 6.80. The molecule has 0 amide bonds. The Morgan fingerprint density at radius 2 is 1.85 bits per heavy atom. The summed E-state index contributed by atoms with van der Waals surface area (Å²) >= 11 is 0. The first-order valence-corrected chi connectivity index (χ1v) is 8.09. The van der Waals surface area contributed by atoms with E-state index in [4.69, 9.17) is 4.74 Å². The van der Waals surface area contributed by atoms with Crippen LogP contribution in [0.25, 0.3) is 0 Å². The molecule has 0 spiro atoms. The number of hydrogen-bond donors (Lipinski definition) is 1. The molecule has 0 radical (unpaired) electrons. The van der Waals surface area contributed by atoms with Gasteiger partial charge in [-0.05, 0) is 73.6 Å². The van der Waals surface area contributed by atoms with Crippen LogP contribution >= 0.6 is 0 Å². The van der Waals surface area contributed by atoms with Crippen molar-refractivity contribution in [2.24, 2.45) is 11.8 Å². The van der Waals surface area contributed by atoms with E-state index >= 15 is 0 Å². The lowest BCUT2D eigenvalue weighted by Gasteiger charge is -2.32. The largest absolute Gasteiger partial charge is 0.490 e. The Morgan fingerprint density at radius 3 is 2.60 bits per heavy atom. The number of aliphatic hydroxyl groups excluding tert-OH is 1. The Balaban J connectivity index is 1.72. The fraction of sp³-hybridized carbons (Fsp3) is 0.667. The second kappa shape index (κ2) is 5.77. The van der Waals surface area contributed by atoms with Crippen LogP contribution in [0.2, 0.25) is 0 Å². The number of rotatable bonds is 2. The van der Waals surface area contributed by atoms with Gasteiger partial charge in [0, 0.05) is 0 Å². The van der Waals surface area contributed by atoms with Crippen molar-refractivity contribution in [2.45, 2.75) is 64.6 Å². The maximum Gasteiger partial charge on any atom is 0.120 e. The zero-order valence-corrected chi connectivity index (χ0v) is 12.6. The quantitative estimate of drug-likeness (QED) is 0.873. The van der Waals surface area contributed by atoms with Crippen LogP contribution in [0.5, 0.6) is 5.75 Å². The summed E-state index contributed by atoms with van der Waals surface area (Å²) in [6.45, 7) is 4.66. The fourth-order valence-electron chi connectivity index (χ4n) is 4.00. The average molecular weight is 274 g/mol. The topological polar surface area (TPSA) is 29.5 Å². The SMILES string of the molecule is CC1CC(C)CC(Oc2ccc3c(c2)CCCC3O)C1. The zero-order valence-electron chi connectivity index (χ0n) is 12.6. The van der Waals surface area contributed by atoms with E-state index in [1.807, 2.05) is 6.07 Å². The number of aliphatic hydroxyl groups is 1. The van der Waals surface area contributed by atoms with Gasteiger partial charge in [-0.3, -0.25) is 0 Å². The third-order valence-electron chi connectivity index (χ3n) is 4.84. The van der Waals surface area contributed by atoms with Gasteiger partial charge in [0.25, 0.3) is 0 Å². The van der Waals surface area contributed by atoms with E-state index in [1.165, 1.54) is 24.8 Å². The number of aryl methyl sites for hydroxylation is 1. The molecule has 0 heterocycles. The Bertz CT molecular complexity index is 458. The maximum absolute atomic E-state index is 10.0. The van der Waals surface area contributed by atoms with Crippen molar-refractivity contribution in [3.63, 3.8) is 0 Å². The number of ether oxygens (including phenoxy) is 1. The number of hydrogen-bond acceptors (Lipinski definition) is 2. The van der Waals surface area contributed by atoms with Crippen LogP contribution in [0.15, 0.2) is 18.2 Å². The monoisotopic (exact) mass is 274 g/mol. The molecular formula is C18H26O2. The standard InChI is InChI=1S/C18H26O2/c1-12-8-13(2)10-16(9-12)20-15-6-7-17-14(11-15)4-3-5-18(17)19/h6-7,11-13,16,18-19H,3-5,8-10H2,1-2H3. The van der Waals surface area contributed by atoms with Crippen LogP contribution in [0.3, 0.4) is 0 Å². The molecule has 3 unspecified atom stereocenters. The van der Waals surface area contributed by atoms with Gasteiger partial charge in [-0.2, -0.15) is 0 Å². The molecule has 1 saturated carbocycles. The van der Waals surface area contributed by atoms with Crippen LogP contribution in [-0.4, -0.2) is 11.2 Å². The van der Waals surface area contributed by atoms with Gasteiger partial charge >= 0.3 is 0 Å². The van der Waals surface area contributed by atoms with E-state index in [9.17, 15) is 5.11 Å². The van der Waals surface area contributed by atoms with Gasteiger partial charge in [-0.1, -0.05) is 19.9 Å². The van der Waals surface area contributed by atoms with E-state index in [0.29, 0.717) is 6.10 Å². The van der Waals surface area contributed by atoms with Crippen molar-refractivity contribution in [2.75, 3.05) is 0 Å². The van der Waals surface area contributed by atoms with E-state index < -0.39 is 0 Å². The minimum absolute atomic E-state index is 0.275. The van der Waals surface area contributed by atoms with Crippen LogP contribution < -0.4 is 4.74 Å². The van der Waals surface area contributed by atoms with Crippen LogP contribution in [0, 0.1) is 11.8 Å². The molecule has 1 aromatic carbocycles. The van der Waals surface area contributed by atoms with Gasteiger partial charge < -0.3 is 9.84 Å². The lowest BCUT2D eigenvalue weighted by atomic mass is 9.82. The maximum atomic E-state index is 10.0. The molecule has 2 nitrogen and oxygen atoms in total. The molecular weight excluding hydrogens is 248 g/mol. The van der Waals surface area contributed by atoms with Crippen LogP contribution in [0.1, 0.15) is 63.2 Å². The Morgan fingerprint density at radius 1 is 1.10 bits per heavy atom. The van der Waals surface area contributed by atoms with Crippen LogP contribution in [-0.2, 0) is 6.42 Å². The normalized spacial score (nSPS) is 33.5. The third kappa shape index (κ3) is 3.01. The predicted octanol–water partition coefficient (Wildman–Crippen LogP) is 4.26. The molecule has 0 aromatic heterocycles. The van der Waals surface area contributed by atoms with E-state index in [1.54, 1.807) is 0 Å². The predicted molar refractivity (Wildman–Crippen MR) is 80.9 cm³/mol. The summed E-state index contributed by atoms with van der Waals surface area (Å²) in [4.78, 5) is 0. The number of fused-ring (bicyclic) bond motifs is 1. The van der Waals surface area contributed by atoms with Crippen molar-refractivity contribution in [1.29, 1.82) is 0 Å². The van der Waals surface area contributed by atoms with E-state index in [2.05, 4.69) is 26.0 Å². The van der Waals surface area contributed by atoms with Crippen molar-refractivity contribution in [1.82, 2.24) is 0 Å². The smallest absolute Gasteiger partial charge is 0.120 e. The molecule has 1 N–H and O–H groups in total. The summed E-state index contributed by atoms with van der Waals surface area (Å²) in [5, 5.41) is 10.0. The molecule has 20 heavy (non-hydrogen) atoms. The molecule has 110 valence electrons. The highest BCUT2D eigenvalue weighted by molar-refractivity contribution is 5.38. The second-order valence-corrected chi connectivity index (χ2v) is 6.93. The molecule has 2 aliphatic carbocycles. The van der Waals surface area contributed by atoms with Crippen molar-refractivity contribution < 1.29 is 9.84 Å². The first-order valence-electron chi connectivity index (χ1n) is 8.09. The zero-order chi connectivity index (χ0) is 14.1. The van der Waals surface area contributed by atoms with Gasteiger partial charge in [0.15, 0.2) is 0 Å². The lowest BCUT2D eigenvalue weighted by Crippen LogP contribution is -2.28. The Kier molecular flexibility index (Phi) is 4.02. The first-order chi connectivity index (χ1) is 9.61. The van der Waals surface area contributed by atoms with Gasteiger partial charge in [-0.25, -0.2) is 0 Å². The molecule has 0 saturated heterocycles. The van der Waals surface area contributed by atoms with Gasteiger partial charge in [-0.15, -0.1) is 0 Å². The van der Waals surface area contributed by atoms with E-state index in [-0.39, 0.29) is 6.10 Å². The summed E-state index contributed by atoms with van der Waals surface area (Å²) in [6, 6.07) is 6.25. The third-order valence-corrected chi connectivity index (χ3v) is 4.84. The highest BCUT2D eigenvalue weighted by Crippen LogP contribution is 2.34. The molecule has 1 aromatic rings. The van der Waals surface area contributed by atoms with Crippen molar-refractivity contribution >= 4 is 0 Å².